The van der Waals surface area contributed by atoms with Gasteiger partial charge in [0.05, 0.1) is 24.5 Å². The zero-order valence-electron chi connectivity index (χ0n) is 18.0. The van der Waals surface area contributed by atoms with Crippen molar-refractivity contribution in [2.45, 2.75) is 38.9 Å². The number of carbonyl (C=O) groups excluding carboxylic acids is 2. The molecule has 0 bridgehead atoms. The second-order valence-electron chi connectivity index (χ2n) is 7.97. The number of hydrogen-bond donors (Lipinski definition) is 1. The lowest BCUT2D eigenvalue weighted by Gasteiger charge is -2.24. The quantitative estimate of drug-likeness (QED) is 0.703. The summed E-state index contributed by atoms with van der Waals surface area (Å²) in [6.45, 7) is 5.65. The number of amides is 2. The summed E-state index contributed by atoms with van der Waals surface area (Å²) in [5.41, 5.74) is 3.06. The molecule has 3 heterocycles. The number of likely N-dealkylation sites (N-methyl/N-ethyl adjacent to an activating group) is 1. The van der Waals surface area contributed by atoms with Crippen molar-refractivity contribution in [2.75, 3.05) is 39.2 Å². The monoisotopic (exact) mass is 414 g/mol. The largest absolute Gasteiger partial charge is 0.370 e. The van der Waals surface area contributed by atoms with Crippen molar-refractivity contribution in [3.63, 3.8) is 0 Å². The van der Waals surface area contributed by atoms with Crippen LogP contribution in [0.5, 0.6) is 0 Å². The number of aromatic nitrogens is 3. The lowest BCUT2D eigenvalue weighted by molar-refractivity contribution is -0.134. The molecule has 9 heteroatoms. The summed E-state index contributed by atoms with van der Waals surface area (Å²) in [6, 6.07) is 2.32. The maximum atomic E-state index is 11.8. The van der Waals surface area contributed by atoms with E-state index in [0.717, 1.165) is 19.5 Å². The smallest absolute Gasteiger partial charge is 0.248 e. The summed E-state index contributed by atoms with van der Waals surface area (Å²) in [5.74, 6) is -0.169. The molecule has 0 unspecified atom stereocenters. The molecule has 2 aromatic heterocycles. The molecule has 0 saturated carbocycles. The van der Waals surface area contributed by atoms with Gasteiger partial charge in [0, 0.05) is 58.7 Å². The van der Waals surface area contributed by atoms with Crippen molar-refractivity contribution in [3.8, 4) is 0 Å². The van der Waals surface area contributed by atoms with Crippen molar-refractivity contribution in [2.24, 2.45) is 0 Å². The van der Waals surface area contributed by atoms with Crippen molar-refractivity contribution >= 4 is 17.5 Å². The standard InChI is InChI=1S/C21H30N6O3/c1-15-5-6-22-8-17(15)10-26-12-19(27-11-18(9-23-27)24-16(2)28)7-20(26)13-30-14-21(29)25(3)4/h5-6,8-9,11,19-20H,7,10,12-14H2,1-4H3,(H,24,28)/t19-,20-/m0/s1. The zero-order chi connectivity index (χ0) is 21.7. The number of anilines is 1. The minimum atomic E-state index is -0.119. The van der Waals surface area contributed by atoms with Gasteiger partial charge < -0.3 is 15.0 Å². The molecule has 1 aliphatic rings. The Morgan fingerprint density at radius 2 is 2.13 bits per heavy atom. The molecule has 1 saturated heterocycles. The Bertz CT molecular complexity index is 881. The molecule has 2 atom stereocenters. The van der Waals surface area contributed by atoms with E-state index in [-0.39, 0.29) is 30.5 Å². The van der Waals surface area contributed by atoms with Gasteiger partial charge in [-0.1, -0.05) is 0 Å². The summed E-state index contributed by atoms with van der Waals surface area (Å²) in [7, 11) is 3.44. The fourth-order valence-corrected chi connectivity index (χ4v) is 3.61. The first-order valence-electron chi connectivity index (χ1n) is 10.1. The second-order valence-corrected chi connectivity index (χ2v) is 7.97. The average molecular weight is 415 g/mol. The van der Waals surface area contributed by atoms with E-state index in [4.69, 9.17) is 4.74 Å². The molecule has 0 radical (unpaired) electrons. The Hall–Kier alpha value is -2.78. The molecule has 2 amide bonds. The number of pyridine rings is 1. The van der Waals surface area contributed by atoms with Crippen molar-refractivity contribution in [3.05, 3.63) is 42.0 Å². The third-order valence-electron chi connectivity index (χ3n) is 5.36. The van der Waals surface area contributed by atoms with Crippen LogP contribution >= 0.6 is 0 Å². The van der Waals surface area contributed by atoms with E-state index in [9.17, 15) is 9.59 Å². The molecule has 0 aromatic carbocycles. The number of rotatable bonds is 8. The number of likely N-dealkylation sites (tertiary alicyclic amines) is 1. The predicted molar refractivity (Wildman–Crippen MR) is 113 cm³/mol. The normalized spacial score (nSPS) is 19.1. The van der Waals surface area contributed by atoms with Crippen LogP contribution in [0.15, 0.2) is 30.9 Å². The number of hydrogen-bond acceptors (Lipinski definition) is 6. The summed E-state index contributed by atoms with van der Waals surface area (Å²) in [5, 5.41) is 7.20. The van der Waals surface area contributed by atoms with E-state index in [1.807, 2.05) is 23.1 Å². The highest BCUT2D eigenvalue weighted by molar-refractivity contribution is 5.88. The first kappa shape index (κ1) is 21.9. The Balaban J connectivity index is 1.70. The zero-order valence-corrected chi connectivity index (χ0v) is 18.0. The summed E-state index contributed by atoms with van der Waals surface area (Å²) in [6.07, 6.45) is 8.07. The Labute approximate surface area is 177 Å². The molecule has 3 rings (SSSR count). The van der Waals surface area contributed by atoms with Crippen LogP contribution in [-0.2, 0) is 20.9 Å². The number of ether oxygens (including phenoxy) is 1. The highest BCUT2D eigenvalue weighted by Gasteiger charge is 2.34. The van der Waals surface area contributed by atoms with Gasteiger partial charge in [-0.2, -0.15) is 5.10 Å². The predicted octanol–water partition coefficient (Wildman–Crippen LogP) is 1.47. The topological polar surface area (TPSA) is 92.6 Å². The van der Waals surface area contributed by atoms with Crippen LogP contribution in [0.1, 0.15) is 30.5 Å². The molecule has 2 aromatic rings. The highest BCUT2D eigenvalue weighted by Crippen LogP contribution is 2.30. The SMILES string of the molecule is CC(=O)Nc1cnn([C@H]2C[C@@H](COCC(=O)N(C)C)N(Cc3cnccc3C)C2)c1. The molecule has 0 aliphatic carbocycles. The molecule has 1 N–H and O–H groups in total. The van der Waals surface area contributed by atoms with Crippen LogP contribution in [0.4, 0.5) is 5.69 Å². The van der Waals surface area contributed by atoms with Crippen LogP contribution in [0.3, 0.4) is 0 Å². The molecule has 1 fully saturated rings. The van der Waals surface area contributed by atoms with Gasteiger partial charge in [-0.3, -0.25) is 24.2 Å². The third-order valence-corrected chi connectivity index (χ3v) is 5.36. The summed E-state index contributed by atoms with van der Waals surface area (Å²) < 4.78 is 7.65. The van der Waals surface area contributed by atoms with Gasteiger partial charge in [-0.25, -0.2) is 0 Å². The second kappa shape index (κ2) is 9.82. The first-order chi connectivity index (χ1) is 14.3. The molecular formula is C21H30N6O3. The van der Waals surface area contributed by atoms with Gasteiger partial charge in [-0.15, -0.1) is 0 Å². The van der Waals surface area contributed by atoms with E-state index in [1.165, 1.54) is 23.0 Å². The minimum absolute atomic E-state index is 0.0498. The van der Waals surface area contributed by atoms with Crippen molar-refractivity contribution in [1.82, 2.24) is 24.6 Å². The van der Waals surface area contributed by atoms with E-state index < -0.39 is 0 Å². The number of aryl methyl sites for hydroxylation is 1. The molecule has 0 spiro atoms. The van der Waals surface area contributed by atoms with Crippen LogP contribution in [-0.4, -0.2) is 76.3 Å². The van der Waals surface area contributed by atoms with Gasteiger partial charge in [0.25, 0.3) is 0 Å². The van der Waals surface area contributed by atoms with E-state index in [0.29, 0.717) is 12.3 Å². The molecule has 162 valence electrons. The van der Waals surface area contributed by atoms with Crippen molar-refractivity contribution < 1.29 is 14.3 Å². The lowest BCUT2D eigenvalue weighted by atomic mass is 10.1. The maximum Gasteiger partial charge on any atom is 0.248 e. The minimum Gasteiger partial charge on any atom is -0.370 e. The molecular weight excluding hydrogens is 384 g/mol. The number of nitrogens with one attached hydrogen (secondary N) is 1. The van der Waals surface area contributed by atoms with Gasteiger partial charge in [0.1, 0.15) is 6.61 Å². The third kappa shape index (κ3) is 5.64. The fraction of sp³-hybridized carbons (Fsp3) is 0.524. The average Bonchev–Trinajstić information content (AvgIpc) is 3.30. The Morgan fingerprint density at radius 3 is 2.83 bits per heavy atom. The van der Waals surface area contributed by atoms with Crippen LogP contribution < -0.4 is 5.32 Å². The van der Waals surface area contributed by atoms with Crippen LogP contribution in [0.2, 0.25) is 0 Å². The molecule has 9 nitrogen and oxygen atoms in total. The highest BCUT2D eigenvalue weighted by atomic mass is 16.5. The van der Waals surface area contributed by atoms with Gasteiger partial charge in [0.15, 0.2) is 0 Å². The van der Waals surface area contributed by atoms with Crippen molar-refractivity contribution in [1.29, 1.82) is 0 Å². The Morgan fingerprint density at radius 1 is 1.33 bits per heavy atom. The molecule has 1 aliphatic heterocycles. The summed E-state index contributed by atoms with van der Waals surface area (Å²) >= 11 is 0. The van der Waals surface area contributed by atoms with Gasteiger partial charge >= 0.3 is 0 Å². The molecule has 30 heavy (non-hydrogen) atoms. The van der Waals surface area contributed by atoms with E-state index in [2.05, 4.69) is 27.2 Å². The van der Waals surface area contributed by atoms with E-state index in [1.54, 1.807) is 26.5 Å². The number of carbonyl (C=O) groups is 2. The maximum absolute atomic E-state index is 11.8. The van der Waals surface area contributed by atoms with Gasteiger partial charge in [-0.05, 0) is 30.5 Å². The number of nitrogens with zero attached hydrogens (tertiary/aromatic N) is 5. The van der Waals surface area contributed by atoms with Crippen LogP contribution in [0.25, 0.3) is 0 Å². The first-order valence-corrected chi connectivity index (χ1v) is 10.1. The fourth-order valence-electron chi connectivity index (χ4n) is 3.61. The van der Waals surface area contributed by atoms with Crippen LogP contribution in [0, 0.1) is 6.92 Å². The van der Waals surface area contributed by atoms with Gasteiger partial charge in [0.2, 0.25) is 11.8 Å². The summed E-state index contributed by atoms with van der Waals surface area (Å²) in [4.78, 5) is 31.3. The van der Waals surface area contributed by atoms with E-state index >= 15 is 0 Å². The Kier molecular flexibility index (Phi) is 7.17. The lowest BCUT2D eigenvalue weighted by Crippen LogP contribution is -2.35.